The van der Waals surface area contributed by atoms with Crippen molar-refractivity contribution in [2.45, 2.75) is 13.8 Å². The molecule has 0 saturated carbocycles. The molecule has 0 aromatic heterocycles. The summed E-state index contributed by atoms with van der Waals surface area (Å²) >= 11 is 3.41. The topological polar surface area (TPSA) is 69.2 Å². The van der Waals surface area contributed by atoms with Crippen LogP contribution in [0.1, 0.15) is 16.7 Å². The van der Waals surface area contributed by atoms with Crippen LogP contribution in [0.2, 0.25) is 0 Å². The number of aryl methyl sites for hydroxylation is 1. The molecule has 2 aromatic carbocycles. The van der Waals surface area contributed by atoms with Crippen molar-refractivity contribution in [3.05, 3.63) is 51.5 Å². The number of carbonyl (C=O) groups excluding carboxylic acids is 1. The summed E-state index contributed by atoms with van der Waals surface area (Å²) in [6.45, 7) is 3.83. The fourth-order valence-corrected chi connectivity index (χ4v) is 2.87. The van der Waals surface area contributed by atoms with Crippen molar-refractivity contribution < 1.29 is 19.0 Å². The van der Waals surface area contributed by atoms with Gasteiger partial charge in [0.25, 0.3) is 5.91 Å². The first-order chi connectivity index (χ1) is 12.5. The third kappa shape index (κ3) is 4.98. The maximum absolute atomic E-state index is 11.9. The number of nitrogens with zero attached hydrogens (tertiary/aromatic N) is 1. The van der Waals surface area contributed by atoms with Gasteiger partial charge in [-0.2, -0.15) is 5.10 Å². The van der Waals surface area contributed by atoms with E-state index in [0.29, 0.717) is 17.2 Å². The lowest BCUT2D eigenvalue weighted by Crippen LogP contribution is -2.24. The maximum atomic E-state index is 11.9. The van der Waals surface area contributed by atoms with Crippen LogP contribution in [0.5, 0.6) is 17.2 Å². The van der Waals surface area contributed by atoms with Gasteiger partial charge in [0, 0.05) is 0 Å². The minimum atomic E-state index is -0.346. The smallest absolute Gasteiger partial charge is 0.277 e. The fraction of sp³-hybridized carbons (Fsp3) is 0.263. The number of hydrogen-bond acceptors (Lipinski definition) is 5. The zero-order chi connectivity index (χ0) is 19.1. The molecule has 1 amide bonds. The molecule has 2 rings (SSSR count). The second-order valence-electron chi connectivity index (χ2n) is 5.52. The van der Waals surface area contributed by atoms with E-state index in [1.807, 2.05) is 38.1 Å². The lowest BCUT2D eigenvalue weighted by Gasteiger charge is -2.10. The van der Waals surface area contributed by atoms with Crippen LogP contribution >= 0.6 is 15.9 Å². The Labute approximate surface area is 161 Å². The third-order valence-corrected chi connectivity index (χ3v) is 4.36. The van der Waals surface area contributed by atoms with Gasteiger partial charge in [-0.05, 0) is 64.7 Å². The molecule has 6 nitrogen and oxygen atoms in total. The quantitative estimate of drug-likeness (QED) is 0.548. The van der Waals surface area contributed by atoms with Crippen LogP contribution in [0.15, 0.2) is 39.9 Å². The van der Waals surface area contributed by atoms with Crippen LogP contribution in [0.3, 0.4) is 0 Å². The first-order valence-electron chi connectivity index (χ1n) is 7.88. The molecule has 0 radical (unpaired) electrons. The van der Waals surface area contributed by atoms with Crippen LogP contribution in [0.4, 0.5) is 0 Å². The van der Waals surface area contributed by atoms with Crippen LogP contribution in [0, 0.1) is 13.8 Å². The lowest BCUT2D eigenvalue weighted by atomic mass is 10.1. The summed E-state index contributed by atoms with van der Waals surface area (Å²) in [5, 5.41) is 3.94. The Balaban J connectivity index is 1.94. The molecular formula is C19H21BrN2O4. The number of rotatable bonds is 7. The minimum Gasteiger partial charge on any atom is -0.493 e. The summed E-state index contributed by atoms with van der Waals surface area (Å²) in [4.78, 5) is 11.9. The SMILES string of the molecule is COc1cc(/C=N\NC(=O)COc2cccc(C)c2C)cc(Br)c1OC. The number of ether oxygens (including phenoxy) is 3. The van der Waals surface area contributed by atoms with E-state index in [1.54, 1.807) is 20.3 Å². The van der Waals surface area contributed by atoms with E-state index >= 15 is 0 Å². The predicted octanol–water partition coefficient (Wildman–Crippen LogP) is 3.61. The third-order valence-electron chi connectivity index (χ3n) is 3.77. The number of benzene rings is 2. The van der Waals surface area contributed by atoms with E-state index in [2.05, 4.69) is 26.5 Å². The first-order valence-corrected chi connectivity index (χ1v) is 8.68. The number of carbonyl (C=O) groups is 1. The standard InChI is InChI=1S/C19H21BrN2O4/c1-12-6-5-7-16(13(12)2)26-11-18(23)22-21-10-14-8-15(20)19(25-4)17(9-14)24-3/h5-10H,11H2,1-4H3,(H,22,23)/b21-10-. The number of amides is 1. The van der Waals surface area contributed by atoms with E-state index in [1.165, 1.54) is 6.21 Å². The van der Waals surface area contributed by atoms with Crippen molar-refractivity contribution in [2.75, 3.05) is 20.8 Å². The molecule has 0 atom stereocenters. The molecule has 0 heterocycles. The molecule has 1 N–H and O–H groups in total. The van der Waals surface area contributed by atoms with E-state index in [-0.39, 0.29) is 12.5 Å². The highest BCUT2D eigenvalue weighted by molar-refractivity contribution is 9.10. The molecule has 0 aliphatic carbocycles. The largest absolute Gasteiger partial charge is 0.493 e. The van der Waals surface area contributed by atoms with Crippen LogP contribution in [-0.4, -0.2) is 32.9 Å². The average molecular weight is 421 g/mol. The highest BCUT2D eigenvalue weighted by atomic mass is 79.9. The number of halogens is 1. The van der Waals surface area contributed by atoms with Gasteiger partial charge in [-0.1, -0.05) is 12.1 Å². The van der Waals surface area contributed by atoms with Gasteiger partial charge < -0.3 is 14.2 Å². The first kappa shape index (κ1) is 19.8. The summed E-state index contributed by atoms with van der Waals surface area (Å²) in [5.41, 5.74) is 5.30. The molecule has 7 heteroatoms. The van der Waals surface area contributed by atoms with E-state index in [4.69, 9.17) is 14.2 Å². The lowest BCUT2D eigenvalue weighted by molar-refractivity contribution is -0.123. The molecule has 138 valence electrons. The molecule has 0 aliphatic rings. The maximum Gasteiger partial charge on any atom is 0.277 e. The summed E-state index contributed by atoms with van der Waals surface area (Å²) in [7, 11) is 3.12. The molecule has 2 aromatic rings. The molecule has 0 bridgehead atoms. The van der Waals surface area contributed by atoms with Crippen molar-refractivity contribution in [1.29, 1.82) is 0 Å². The van der Waals surface area contributed by atoms with Crippen molar-refractivity contribution in [1.82, 2.24) is 5.43 Å². The van der Waals surface area contributed by atoms with Gasteiger partial charge in [0.15, 0.2) is 18.1 Å². The van der Waals surface area contributed by atoms with Gasteiger partial charge in [-0.3, -0.25) is 4.79 Å². The number of hydrazone groups is 1. The van der Waals surface area contributed by atoms with Crippen LogP contribution < -0.4 is 19.6 Å². The molecule has 0 saturated heterocycles. The fourth-order valence-electron chi connectivity index (χ4n) is 2.25. The Morgan fingerprint density at radius 3 is 2.65 bits per heavy atom. The number of hydrogen-bond donors (Lipinski definition) is 1. The Kier molecular flexibility index (Phi) is 7.03. The van der Waals surface area contributed by atoms with Gasteiger partial charge in [-0.25, -0.2) is 5.43 Å². The van der Waals surface area contributed by atoms with Crippen LogP contribution in [0.25, 0.3) is 0 Å². The second-order valence-corrected chi connectivity index (χ2v) is 6.37. The highest BCUT2D eigenvalue weighted by Crippen LogP contribution is 2.35. The monoisotopic (exact) mass is 420 g/mol. The summed E-state index contributed by atoms with van der Waals surface area (Å²) < 4.78 is 16.8. The Hall–Kier alpha value is -2.54. The van der Waals surface area contributed by atoms with Gasteiger partial charge in [0.2, 0.25) is 0 Å². The predicted molar refractivity (Wildman–Crippen MR) is 104 cm³/mol. The van der Waals surface area contributed by atoms with E-state index < -0.39 is 0 Å². The normalized spacial score (nSPS) is 10.7. The Morgan fingerprint density at radius 2 is 1.96 bits per heavy atom. The Morgan fingerprint density at radius 1 is 1.19 bits per heavy atom. The highest BCUT2D eigenvalue weighted by Gasteiger charge is 2.10. The minimum absolute atomic E-state index is 0.114. The molecule has 26 heavy (non-hydrogen) atoms. The number of methoxy groups -OCH3 is 2. The zero-order valence-corrected chi connectivity index (χ0v) is 16.7. The average Bonchev–Trinajstić information content (AvgIpc) is 2.62. The van der Waals surface area contributed by atoms with Crippen molar-refractivity contribution in [3.63, 3.8) is 0 Å². The molecule has 0 fully saturated rings. The molecule has 0 spiro atoms. The summed E-state index contributed by atoms with van der Waals surface area (Å²) in [6, 6.07) is 9.28. The zero-order valence-electron chi connectivity index (χ0n) is 15.1. The molecule has 0 unspecified atom stereocenters. The van der Waals surface area contributed by atoms with Crippen molar-refractivity contribution in [3.8, 4) is 17.2 Å². The van der Waals surface area contributed by atoms with E-state index in [0.717, 1.165) is 21.2 Å². The second kappa shape index (κ2) is 9.24. The Bertz CT molecular complexity index is 821. The van der Waals surface area contributed by atoms with Crippen LogP contribution in [-0.2, 0) is 4.79 Å². The molecule has 0 aliphatic heterocycles. The van der Waals surface area contributed by atoms with Crippen molar-refractivity contribution >= 4 is 28.1 Å². The van der Waals surface area contributed by atoms with E-state index in [9.17, 15) is 4.79 Å². The molecular weight excluding hydrogens is 400 g/mol. The van der Waals surface area contributed by atoms with Crippen molar-refractivity contribution in [2.24, 2.45) is 5.10 Å². The number of nitrogens with one attached hydrogen (secondary N) is 1. The summed E-state index contributed by atoms with van der Waals surface area (Å²) in [6.07, 6.45) is 1.52. The summed E-state index contributed by atoms with van der Waals surface area (Å²) in [5.74, 6) is 1.50. The van der Waals surface area contributed by atoms with Gasteiger partial charge in [0.05, 0.1) is 24.9 Å². The van der Waals surface area contributed by atoms with Gasteiger partial charge in [0.1, 0.15) is 5.75 Å². The van der Waals surface area contributed by atoms with Gasteiger partial charge >= 0.3 is 0 Å². The van der Waals surface area contributed by atoms with Gasteiger partial charge in [-0.15, -0.1) is 0 Å².